The van der Waals surface area contributed by atoms with Gasteiger partial charge >= 0.3 is 0 Å². The number of amides is 2. The highest BCUT2D eigenvalue weighted by molar-refractivity contribution is 6.09. The van der Waals surface area contributed by atoms with Crippen molar-refractivity contribution in [3.8, 4) is 0 Å². The van der Waals surface area contributed by atoms with Gasteiger partial charge in [0.25, 0.3) is 5.91 Å². The van der Waals surface area contributed by atoms with Crippen LogP contribution in [0.25, 0.3) is 0 Å². The van der Waals surface area contributed by atoms with Gasteiger partial charge in [-0.3, -0.25) is 9.59 Å². The first-order chi connectivity index (χ1) is 10.1. The molecule has 1 aliphatic rings. The van der Waals surface area contributed by atoms with E-state index in [9.17, 15) is 14.0 Å². The molecule has 2 amide bonds. The molecule has 4 nitrogen and oxygen atoms in total. The summed E-state index contributed by atoms with van der Waals surface area (Å²) >= 11 is 0. The first kappa shape index (κ1) is 13.3. The average molecular weight is 284 g/mol. The molecule has 0 unspecified atom stereocenters. The Balaban J connectivity index is 2.03. The van der Waals surface area contributed by atoms with E-state index in [4.69, 9.17) is 5.73 Å². The van der Waals surface area contributed by atoms with Gasteiger partial charge in [0.15, 0.2) is 0 Å². The van der Waals surface area contributed by atoms with Crippen LogP contribution in [0.3, 0.4) is 0 Å². The van der Waals surface area contributed by atoms with E-state index in [2.05, 4.69) is 0 Å². The van der Waals surface area contributed by atoms with E-state index in [1.807, 2.05) is 0 Å². The normalized spacial score (nSPS) is 16.6. The quantitative estimate of drug-likeness (QED) is 0.917. The van der Waals surface area contributed by atoms with Crippen LogP contribution in [0, 0.1) is 5.82 Å². The SMILES string of the molecule is NC(=O)[C@H]1CN(C(=O)c2ccccc2F)c2ccccc21. The minimum atomic E-state index is -0.581. The zero-order chi connectivity index (χ0) is 15.0. The molecule has 5 heteroatoms. The van der Waals surface area contributed by atoms with E-state index in [-0.39, 0.29) is 12.1 Å². The van der Waals surface area contributed by atoms with Crippen LogP contribution in [-0.2, 0) is 4.79 Å². The van der Waals surface area contributed by atoms with Crippen molar-refractivity contribution in [1.82, 2.24) is 0 Å². The van der Waals surface area contributed by atoms with Gasteiger partial charge in [0.1, 0.15) is 5.82 Å². The molecule has 0 aliphatic carbocycles. The fraction of sp³-hybridized carbons (Fsp3) is 0.125. The summed E-state index contributed by atoms with van der Waals surface area (Å²) in [5.41, 5.74) is 6.69. The first-order valence-electron chi connectivity index (χ1n) is 6.54. The van der Waals surface area contributed by atoms with Crippen LogP contribution in [-0.4, -0.2) is 18.4 Å². The maximum atomic E-state index is 13.8. The molecule has 2 aromatic rings. The molecule has 0 aromatic heterocycles. The summed E-state index contributed by atoms with van der Waals surface area (Å²) in [4.78, 5) is 25.5. The van der Waals surface area contributed by atoms with E-state index in [1.165, 1.54) is 23.1 Å². The molecule has 0 fully saturated rings. The first-order valence-corrected chi connectivity index (χ1v) is 6.54. The standard InChI is InChI=1S/C16H13FN2O2/c17-13-7-3-1-6-11(13)16(21)19-9-12(15(18)20)10-5-2-4-8-14(10)19/h1-8,12H,9H2,(H2,18,20)/t12-/m0/s1. The van der Waals surface area contributed by atoms with E-state index in [0.29, 0.717) is 11.3 Å². The molecule has 106 valence electrons. The molecule has 1 aliphatic heterocycles. The van der Waals surface area contributed by atoms with Gasteiger partial charge in [-0.15, -0.1) is 0 Å². The number of hydrogen-bond donors (Lipinski definition) is 1. The van der Waals surface area contributed by atoms with Gasteiger partial charge in [-0.25, -0.2) is 4.39 Å². The second-order valence-corrected chi connectivity index (χ2v) is 4.91. The molecule has 2 aromatic carbocycles. The fourth-order valence-electron chi connectivity index (χ4n) is 2.62. The number of halogens is 1. The predicted molar refractivity (Wildman–Crippen MR) is 76.5 cm³/mol. The lowest BCUT2D eigenvalue weighted by Gasteiger charge is -2.17. The van der Waals surface area contributed by atoms with Crippen molar-refractivity contribution in [2.45, 2.75) is 5.92 Å². The van der Waals surface area contributed by atoms with Gasteiger partial charge in [0.05, 0.1) is 11.5 Å². The average Bonchev–Trinajstić information content (AvgIpc) is 2.87. The number of para-hydroxylation sites is 1. The third-order valence-corrected chi connectivity index (χ3v) is 3.66. The van der Waals surface area contributed by atoms with Gasteiger partial charge in [0, 0.05) is 12.2 Å². The number of hydrogen-bond acceptors (Lipinski definition) is 2. The Hall–Kier alpha value is -2.69. The third-order valence-electron chi connectivity index (χ3n) is 3.66. The van der Waals surface area contributed by atoms with Crippen LogP contribution >= 0.6 is 0 Å². The van der Waals surface area contributed by atoms with E-state index < -0.39 is 23.5 Å². The van der Waals surface area contributed by atoms with Gasteiger partial charge in [-0.05, 0) is 23.8 Å². The highest BCUT2D eigenvalue weighted by Gasteiger charge is 2.36. The number of carbonyl (C=O) groups excluding carboxylic acids is 2. The number of benzene rings is 2. The van der Waals surface area contributed by atoms with Crippen LogP contribution in [0.15, 0.2) is 48.5 Å². The smallest absolute Gasteiger partial charge is 0.261 e. The number of nitrogens with zero attached hydrogens (tertiary/aromatic N) is 1. The Morgan fingerprint density at radius 3 is 2.48 bits per heavy atom. The molecule has 1 heterocycles. The fourth-order valence-corrected chi connectivity index (χ4v) is 2.62. The van der Waals surface area contributed by atoms with Crippen LogP contribution in [0.1, 0.15) is 21.8 Å². The van der Waals surface area contributed by atoms with Crippen LogP contribution in [0.4, 0.5) is 10.1 Å². The monoisotopic (exact) mass is 284 g/mol. The van der Waals surface area contributed by atoms with Crippen molar-refractivity contribution >= 4 is 17.5 Å². The number of nitrogens with two attached hydrogens (primary N) is 1. The van der Waals surface area contributed by atoms with Crippen molar-refractivity contribution in [2.75, 3.05) is 11.4 Å². The van der Waals surface area contributed by atoms with Crippen molar-refractivity contribution in [3.05, 3.63) is 65.5 Å². The van der Waals surface area contributed by atoms with Gasteiger partial charge in [-0.2, -0.15) is 0 Å². The number of primary amides is 1. The highest BCUT2D eigenvalue weighted by atomic mass is 19.1. The molecule has 0 bridgehead atoms. The van der Waals surface area contributed by atoms with Crippen molar-refractivity contribution < 1.29 is 14.0 Å². The molecule has 0 spiro atoms. The van der Waals surface area contributed by atoms with Gasteiger partial charge < -0.3 is 10.6 Å². The number of carbonyl (C=O) groups is 2. The van der Waals surface area contributed by atoms with Crippen molar-refractivity contribution in [2.24, 2.45) is 5.73 Å². The Bertz CT molecular complexity index is 730. The van der Waals surface area contributed by atoms with E-state index in [0.717, 1.165) is 0 Å². The lowest BCUT2D eigenvalue weighted by atomic mass is 10.0. The molecule has 21 heavy (non-hydrogen) atoms. The van der Waals surface area contributed by atoms with Gasteiger partial charge in [-0.1, -0.05) is 30.3 Å². The van der Waals surface area contributed by atoms with Crippen LogP contribution in [0.2, 0.25) is 0 Å². The molecule has 0 radical (unpaired) electrons. The predicted octanol–water partition coefficient (Wildman–Crippen LogP) is 2.05. The Morgan fingerprint density at radius 2 is 1.76 bits per heavy atom. The van der Waals surface area contributed by atoms with Crippen LogP contribution < -0.4 is 10.6 Å². The summed E-state index contributed by atoms with van der Waals surface area (Å²) < 4.78 is 13.8. The number of rotatable bonds is 2. The molecule has 2 N–H and O–H groups in total. The van der Waals surface area contributed by atoms with Crippen molar-refractivity contribution in [3.63, 3.8) is 0 Å². The summed E-state index contributed by atoms with van der Waals surface area (Å²) in [5, 5.41) is 0. The summed E-state index contributed by atoms with van der Waals surface area (Å²) in [6.45, 7) is 0.141. The molecule has 0 saturated heterocycles. The molecular formula is C16H13FN2O2. The zero-order valence-corrected chi connectivity index (χ0v) is 11.1. The summed E-state index contributed by atoms with van der Waals surface area (Å²) in [5.74, 6) is -2.10. The van der Waals surface area contributed by atoms with E-state index >= 15 is 0 Å². The second kappa shape index (κ2) is 5.01. The highest BCUT2D eigenvalue weighted by Crippen LogP contribution is 2.36. The Kier molecular flexibility index (Phi) is 3.17. The molecule has 3 rings (SSSR count). The Morgan fingerprint density at radius 1 is 1.10 bits per heavy atom. The topological polar surface area (TPSA) is 63.4 Å². The molecule has 1 atom stereocenters. The van der Waals surface area contributed by atoms with Gasteiger partial charge in [0.2, 0.25) is 5.91 Å². The third kappa shape index (κ3) is 2.16. The lowest BCUT2D eigenvalue weighted by molar-refractivity contribution is -0.119. The summed E-state index contributed by atoms with van der Waals surface area (Å²) in [6.07, 6.45) is 0. The largest absolute Gasteiger partial charge is 0.369 e. The maximum Gasteiger partial charge on any atom is 0.261 e. The maximum absolute atomic E-state index is 13.8. The minimum Gasteiger partial charge on any atom is -0.369 e. The molecule has 0 saturated carbocycles. The minimum absolute atomic E-state index is 0.0163. The number of fused-ring (bicyclic) bond motifs is 1. The number of anilines is 1. The van der Waals surface area contributed by atoms with Crippen molar-refractivity contribution in [1.29, 1.82) is 0 Å². The molecular weight excluding hydrogens is 271 g/mol. The van der Waals surface area contributed by atoms with Crippen LogP contribution in [0.5, 0.6) is 0 Å². The zero-order valence-electron chi connectivity index (χ0n) is 11.1. The lowest BCUT2D eigenvalue weighted by Crippen LogP contribution is -2.33. The Labute approximate surface area is 121 Å². The van der Waals surface area contributed by atoms with E-state index in [1.54, 1.807) is 30.3 Å². The summed E-state index contributed by atoms with van der Waals surface area (Å²) in [7, 11) is 0. The summed E-state index contributed by atoms with van der Waals surface area (Å²) in [6, 6.07) is 12.8. The second-order valence-electron chi connectivity index (χ2n) is 4.91.